The van der Waals surface area contributed by atoms with Gasteiger partial charge in [-0.2, -0.15) is 0 Å². The van der Waals surface area contributed by atoms with Gasteiger partial charge < -0.3 is 14.2 Å². The van der Waals surface area contributed by atoms with E-state index in [4.69, 9.17) is 14.2 Å². The lowest BCUT2D eigenvalue weighted by Crippen LogP contribution is -2.57. The van der Waals surface area contributed by atoms with Crippen LogP contribution in [-0.4, -0.2) is 32.7 Å². The Morgan fingerprint density at radius 3 is 2.56 bits per heavy atom. The lowest BCUT2D eigenvalue weighted by Gasteiger charge is -2.61. The molecule has 1 spiro atoms. The molecule has 0 aromatic carbocycles. The predicted molar refractivity (Wildman–Crippen MR) is 146 cm³/mol. The molecular formula is C33H56O3. The molecule has 3 heteroatoms. The molecule has 1 saturated heterocycles. The summed E-state index contributed by atoms with van der Waals surface area (Å²) < 4.78 is 18.2. The van der Waals surface area contributed by atoms with E-state index in [0.717, 1.165) is 55.1 Å². The zero-order valence-electron chi connectivity index (χ0n) is 24.2. The number of methoxy groups -OCH3 is 1. The first kappa shape index (κ1) is 26.1. The SMILES string of the molecule is COC1CC2C3CCC(C(C)CCCC(C)COC4CCCCO4)C3(C)CCC2C2(C)CCC3CC312. The van der Waals surface area contributed by atoms with Gasteiger partial charge in [0.15, 0.2) is 6.29 Å². The monoisotopic (exact) mass is 500 g/mol. The number of ether oxygens (including phenoxy) is 3. The van der Waals surface area contributed by atoms with E-state index < -0.39 is 0 Å². The van der Waals surface area contributed by atoms with Gasteiger partial charge in [0.05, 0.1) is 12.7 Å². The molecule has 206 valence electrons. The van der Waals surface area contributed by atoms with Gasteiger partial charge in [0.2, 0.25) is 0 Å². The smallest absolute Gasteiger partial charge is 0.157 e. The Morgan fingerprint density at radius 2 is 1.81 bits per heavy atom. The second kappa shape index (κ2) is 9.81. The van der Waals surface area contributed by atoms with E-state index >= 15 is 0 Å². The van der Waals surface area contributed by atoms with Crippen LogP contribution in [0, 0.1) is 57.7 Å². The van der Waals surface area contributed by atoms with Crippen molar-refractivity contribution in [3.05, 3.63) is 0 Å². The first-order chi connectivity index (χ1) is 17.3. The van der Waals surface area contributed by atoms with Crippen molar-refractivity contribution in [2.45, 2.75) is 130 Å². The largest absolute Gasteiger partial charge is 0.381 e. The van der Waals surface area contributed by atoms with Crippen molar-refractivity contribution in [2.75, 3.05) is 20.3 Å². The molecule has 0 aromatic rings. The lowest BCUT2D eigenvalue weighted by molar-refractivity contribution is -0.168. The van der Waals surface area contributed by atoms with Gasteiger partial charge in [-0.1, -0.05) is 40.5 Å². The molecule has 5 aliphatic carbocycles. The highest BCUT2D eigenvalue weighted by atomic mass is 16.7. The Kier molecular flexibility index (Phi) is 7.12. The van der Waals surface area contributed by atoms with E-state index in [1.165, 1.54) is 83.5 Å². The molecule has 1 heterocycles. The van der Waals surface area contributed by atoms with Crippen molar-refractivity contribution >= 4 is 0 Å². The maximum absolute atomic E-state index is 6.34. The molecule has 0 bridgehead atoms. The van der Waals surface area contributed by atoms with E-state index in [1.54, 1.807) is 0 Å². The van der Waals surface area contributed by atoms with Gasteiger partial charge in [-0.05, 0) is 129 Å². The minimum Gasteiger partial charge on any atom is -0.381 e. The fourth-order valence-corrected chi connectivity index (χ4v) is 11.7. The molecule has 12 unspecified atom stereocenters. The summed E-state index contributed by atoms with van der Waals surface area (Å²) in [6, 6.07) is 0. The van der Waals surface area contributed by atoms with Crippen LogP contribution in [0.2, 0.25) is 0 Å². The van der Waals surface area contributed by atoms with Crippen molar-refractivity contribution in [2.24, 2.45) is 57.7 Å². The number of hydrogen-bond donors (Lipinski definition) is 0. The van der Waals surface area contributed by atoms with E-state index in [9.17, 15) is 0 Å². The highest BCUT2D eigenvalue weighted by Crippen LogP contribution is 2.82. The molecule has 3 nitrogen and oxygen atoms in total. The van der Waals surface area contributed by atoms with Gasteiger partial charge in [0.25, 0.3) is 0 Å². The first-order valence-electron chi connectivity index (χ1n) is 16.1. The number of rotatable bonds is 9. The van der Waals surface area contributed by atoms with Crippen LogP contribution in [0.1, 0.15) is 118 Å². The summed E-state index contributed by atoms with van der Waals surface area (Å²) in [7, 11) is 2.03. The molecule has 6 fully saturated rings. The molecule has 6 rings (SSSR count). The lowest BCUT2D eigenvalue weighted by atomic mass is 9.45. The summed E-state index contributed by atoms with van der Waals surface area (Å²) in [6.45, 7) is 12.2. The summed E-state index contributed by atoms with van der Waals surface area (Å²) in [5.74, 6) is 6.24. The number of hydrogen-bond acceptors (Lipinski definition) is 3. The molecule has 12 atom stereocenters. The minimum absolute atomic E-state index is 0.0651. The Hall–Kier alpha value is -0.120. The third-order valence-corrected chi connectivity index (χ3v) is 13.6. The molecule has 0 N–H and O–H groups in total. The minimum atomic E-state index is 0.0651. The summed E-state index contributed by atoms with van der Waals surface area (Å²) in [6.07, 6.45) is 20.0. The van der Waals surface area contributed by atoms with Gasteiger partial charge in [0, 0.05) is 19.1 Å². The van der Waals surface area contributed by atoms with Gasteiger partial charge >= 0.3 is 0 Å². The topological polar surface area (TPSA) is 27.7 Å². The molecule has 6 aliphatic rings. The zero-order chi connectivity index (χ0) is 25.1. The Balaban J connectivity index is 1.04. The fourth-order valence-electron chi connectivity index (χ4n) is 11.7. The maximum atomic E-state index is 6.34. The Labute approximate surface area is 222 Å². The van der Waals surface area contributed by atoms with E-state index in [-0.39, 0.29) is 6.29 Å². The van der Waals surface area contributed by atoms with Crippen molar-refractivity contribution < 1.29 is 14.2 Å². The second-order valence-corrected chi connectivity index (χ2v) is 15.1. The molecule has 36 heavy (non-hydrogen) atoms. The van der Waals surface area contributed by atoms with E-state index in [0.29, 0.717) is 28.3 Å². The van der Waals surface area contributed by atoms with Crippen molar-refractivity contribution in [3.63, 3.8) is 0 Å². The summed E-state index contributed by atoms with van der Waals surface area (Å²) in [5, 5.41) is 0. The van der Waals surface area contributed by atoms with Crippen LogP contribution in [0.15, 0.2) is 0 Å². The highest BCUT2D eigenvalue weighted by molar-refractivity contribution is 5.26. The third kappa shape index (κ3) is 3.98. The van der Waals surface area contributed by atoms with Gasteiger partial charge in [0.1, 0.15) is 0 Å². The van der Waals surface area contributed by atoms with Crippen LogP contribution in [-0.2, 0) is 14.2 Å². The predicted octanol–water partition coefficient (Wildman–Crippen LogP) is 8.26. The molecule has 0 aromatic heterocycles. The standard InChI is InChI=1S/C33H56O3/c1-22(21-36-30-11-6-7-18-35-30)9-8-10-23(2)26-12-13-27-25-19-29(34-5)33-20-24(33)14-17-32(33,4)28(25)15-16-31(26,27)3/h22-30H,6-21H2,1-5H3. The normalized spacial score (nSPS) is 51.1. The number of fused-ring (bicyclic) bond motifs is 4. The van der Waals surface area contributed by atoms with Crippen LogP contribution >= 0.6 is 0 Å². The van der Waals surface area contributed by atoms with Crippen LogP contribution in [0.5, 0.6) is 0 Å². The average Bonchev–Trinajstić information content (AvgIpc) is 3.39. The van der Waals surface area contributed by atoms with Crippen LogP contribution in [0.3, 0.4) is 0 Å². The van der Waals surface area contributed by atoms with E-state index in [1.807, 2.05) is 7.11 Å². The quantitative estimate of drug-likeness (QED) is 0.319. The summed E-state index contributed by atoms with van der Waals surface area (Å²) in [4.78, 5) is 0. The summed E-state index contributed by atoms with van der Waals surface area (Å²) in [5.41, 5.74) is 1.69. The highest BCUT2D eigenvalue weighted by Gasteiger charge is 2.77. The fraction of sp³-hybridized carbons (Fsp3) is 1.00. The van der Waals surface area contributed by atoms with Crippen LogP contribution in [0.25, 0.3) is 0 Å². The van der Waals surface area contributed by atoms with Crippen LogP contribution < -0.4 is 0 Å². The second-order valence-electron chi connectivity index (χ2n) is 15.1. The van der Waals surface area contributed by atoms with E-state index in [2.05, 4.69) is 27.7 Å². The maximum Gasteiger partial charge on any atom is 0.157 e. The third-order valence-electron chi connectivity index (χ3n) is 13.6. The molecule has 0 amide bonds. The summed E-state index contributed by atoms with van der Waals surface area (Å²) >= 11 is 0. The molecular weight excluding hydrogens is 444 g/mol. The van der Waals surface area contributed by atoms with Crippen molar-refractivity contribution in [3.8, 4) is 0 Å². The van der Waals surface area contributed by atoms with Gasteiger partial charge in [-0.25, -0.2) is 0 Å². The van der Waals surface area contributed by atoms with Crippen molar-refractivity contribution in [1.82, 2.24) is 0 Å². The molecule has 5 saturated carbocycles. The zero-order valence-corrected chi connectivity index (χ0v) is 24.2. The Bertz CT molecular complexity index is 777. The van der Waals surface area contributed by atoms with Gasteiger partial charge in [-0.15, -0.1) is 0 Å². The molecule has 1 aliphatic heterocycles. The van der Waals surface area contributed by atoms with Crippen molar-refractivity contribution in [1.29, 1.82) is 0 Å². The van der Waals surface area contributed by atoms with Gasteiger partial charge in [-0.3, -0.25) is 0 Å². The average molecular weight is 501 g/mol. The molecule has 0 radical (unpaired) electrons. The first-order valence-corrected chi connectivity index (χ1v) is 16.1. The Morgan fingerprint density at radius 1 is 0.944 bits per heavy atom. The van der Waals surface area contributed by atoms with Crippen LogP contribution in [0.4, 0.5) is 0 Å².